The molecule has 0 unspecified atom stereocenters. The maximum absolute atomic E-state index is 14.3. The third-order valence-corrected chi connectivity index (χ3v) is 5.50. The van der Waals surface area contributed by atoms with Gasteiger partial charge in [0, 0.05) is 18.3 Å². The van der Waals surface area contributed by atoms with Crippen LogP contribution in [0.4, 0.5) is 10.1 Å². The Bertz CT molecular complexity index is 1090. The molecule has 7 nitrogen and oxygen atoms in total. The molecule has 162 valence electrons. The Balaban J connectivity index is 1.46. The summed E-state index contributed by atoms with van der Waals surface area (Å²) in [4.78, 5) is 12.5. The number of amides is 1. The van der Waals surface area contributed by atoms with Crippen LogP contribution in [-0.2, 0) is 11.3 Å². The van der Waals surface area contributed by atoms with Crippen molar-refractivity contribution in [2.24, 2.45) is 5.92 Å². The minimum Gasteiger partial charge on any atom is -0.486 e. The predicted molar refractivity (Wildman–Crippen MR) is 117 cm³/mol. The van der Waals surface area contributed by atoms with E-state index in [-0.39, 0.29) is 17.5 Å². The third-order valence-electron chi connectivity index (χ3n) is 4.54. The molecule has 0 spiro atoms. The number of carbonyl (C=O) groups excluding carboxylic acids is 1. The largest absolute Gasteiger partial charge is 0.486 e. The maximum Gasteiger partial charge on any atom is 0.234 e. The van der Waals surface area contributed by atoms with Crippen LogP contribution in [0.15, 0.2) is 47.6 Å². The van der Waals surface area contributed by atoms with Crippen LogP contribution in [0.1, 0.15) is 13.8 Å². The fourth-order valence-corrected chi connectivity index (χ4v) is 3.96. The third kappa shape index (κ3) is 4.99. The van der Waals surface area contributed by atoms with Gasteiger partial charge in [0.1, 0.15) is 19.0 Å². The van der Waals surface area contributed by atoms with Gasteiger partial charge in [-0.25, -0.2) is 4.39 Å². The number of halogens is 1. The van der Waals surface area contributed by atoms with E-state index in [0.717, 1.165) is 0 Å². The number of carbonyl (C=O) groups is 1. The molecule has 0 fully saturated rings. The molecule has 1 N–H and O–H groups in total. The average molecular weight is 443 g/mol. The summed E-state index contributed by atoms with van der Waals surface area (Å²) in [7, 11) is 0. The first-order chi connectivity index (χ1) is 15.0. The average Bonchev–Trinajstić information content (AvgIpc) is 3.14. The number of nitrogens with one attached hydrogen (secondary N) is 1. The summed E-state index contributed by atoms with van der Waals surface area (Å²) < 4.78 is 27.2. The summed E-state index contributed by atoms with van der Waals surface area (Å²) in [6.07, 6.45) is 0. The lowest BCUT2D eigenvalue weighted by Gasteiger charge is -2.19. The molecule has 0 bridgehead atoms. The standard InChI is InChI=1S/C22H23FN4O3S/c1-14(2)12-27-21(16-5-3-4-6-17(16)23)25-26-22(27)31-13-20(28)24-15-7-8-18-19(11-15)30-10-9-29-18/h3-8,11,14H,9-10,12-13H2,1-2H3,(H,24,28). The molecule has 0 saturated carbocycles. The van der Waals surface area contributed by atoms with Crippen LogP contribution in [0.5, 0.6) is 11.5 Å². The first-order valence-electron chi connectivity index (χ1n) is 10.0. The molecule has 1 aromatic heterocycles. The van der Waals surface area contributed by atoms with E-state index < -0.39 is 0 Å². The molecule has 9 heteroatoms. The Morgan fingerprint density at radius 3 is 2.71 bits per heavy atom. The molecule has 1 aliphatic rings. The Labute approximate surface area is 184 Å². The Hall–Kier alpha value is -3.07. The molecule has 31 heavy (non-hydrogen) atoms. The maximum atomic E-state index is 14.3. The number of nitrogens with zero attached hydrogens (tertiary/aromatic N) is 3. The van der Waals surface area contributed by atoms with Gasteiger partial charge in [0.25, 0.3) is 0 Å². The van der Waals surface area contributed by atoms with Crippen molar-refractivity contribution in [2.75, 3.05) is 24.3 Å². The van der Waals surface area contributed by atoms with Gasteiger partial charge in [-0.1, -0.05) is 37.7 Å². The summed E-state index contributed by atoms with van der Waals surface area (Å²) in [5, 5.41) is 11.8. The van der Waals surface area contributed by atoms with Crippen molar-refractivity contribution in [2.45, 2.75) is 25.5 Å². The quantitative estimate of drug-likeness (QED) is 0.552. The minimum absolute atomic E-state index is 0.141. The first-order valence-corrected chi connectivity index (χ1v) is 11.0. The van der Waals surface area contributed by atoms with Gasteiger partial charge in [-0.15, -0.1) is 10.2 Å². The van der Waals surface area contributed by atoms with Crippen LogP contribution < -0.4 is 14.8 Å². The van der Waals surface area contributed by atoms with Crippen molar-refractivity contribution in [3.8, 4) is 22.9 Å². The van der Waals surface area contributed by atoms with Crippen LogP contribution in [-0.4, -0.2) is 39.6 Å². The van der Waals surface area contributed by atoms with Gasteiger partial charge in [0.15, 0.2) is 22.5 Å². The summed E-state index contributed by atoms with van der Waals surface area (Å²) in [6.45, 7) is 5.74. The summed E-state index contributed by atoms with van der Waals surface area (Å²) in [5.41, 5.74) is 1.02. The van der Waals surface area contributed by atoms with Gasteiger partial charge < -0.3 is 19.4 Å². The molecular weight excluding hydrogens is 419 g/mol. The second kappa shape index (κ2) is 9.38. The molecular formula is C22H23FN4O3S. The number of thioether (sulfide) groups is 1. The zero-order valence-electron chi connectivity index (χ0n) is 17.3. The summed E-state index contributed by atoms with van der Waals surface area (Å²) >= 11 is 1.27. The normalized spacial score (nSPS) is 12.8. The van der Waals surface area contributed by atoms with E-state index in [0.29, 0.717) is 59.4 Å². The van der Waals surface area contributed by atoms with Gasteiger partial charge in [-0.2, -0.15) is 0 Å². The predicted octanol–water partition coefficient (Wildman–Crippen LogP) is 4.24. The Morgan fingerprint density at radius 2 is 1.94 bits per heavy atom. The van der Waals surface area contributed by atoms with Crippen LogP contribution in [0.25, 0.3) is 11.4 Å². The number of hydrogen-bond donors (Lipinski definition) is 1. The van der Waals surface area contributed by atoms with E-state index in [2.05, 4.69) is 29.4 Å². The number of ether oxygens (including phenoxy) is 2. The van der Waals surface area contributed by atoms with Crippen LogP contribution >= 0.6 is 11.8 Å². The highest BCUT2D eigenvalue weighted by Gasteiger charge is 2.19. The van der Waals surface area contributed by atoms with Crippen LogP contribution in [0.3, 0.4) is 0 Å². The Morgan fingerprint density at radius 1 is 1.16 bits per heavy atom. The van der Waals surface area contributed by atoms with Crippen LogP contribution in [0.2, 0.25) is 0 Å². The van der Waals surface area contributed by atoms with Crippen molar-refractivity contribution in [1.29, 1.82) is 0 Å². The second-order valence-corrected chi connectivity index (χ2v) is 8.43. The summed E-state index contributed by atoms with van der Waals surface area (Å²) in [5.74, 6) is 1.64. The molecule has 2 aromatic carbocycles. The number of rotatable bonds is 7. The summed E-state index contributed by atoms with van der Waals surface area (Å²) in [6, 6.07) is 11.8. The highest BCUT2D eigenvalue weighted by atomic mass is 32.2. The first kappa shape index (κ1) is 21.2. The van der Waals surface area contributed by atoms with Crippen LogP contribution in [0, 0.1) is 11.7 Å². The van der Waals surface area contributed by atoms with Crippen molar-refractivity contribution in [3.05, 3.63) is 48.3 Å². The highest BCUT2D eigenvalue weighted by Crippen LogP contribution is 2.33. The van der Waals surface area contributed by atoms with Crippen molar-refractivity contribution in [1.82, 2.24) is 14.8 Å². The number of aromatic nitrogens is 3. The second-order valence-electron chi connectivity index (χ2n) is 7.49. The molecule has 0 aliphatic carbocycles. The van der Waals surface area contributed by atoms with Gasteiger partial charge >= 0.3 is 0 Å². The van der Waals surface area contributed by atoms with Crippen molar-refractivity contribution >= 4 is 23.4 Å². The molecule has 1 aliphatic heterocycles. The van der Waals surface area contributed by atoms with Crippen molar-refractivity contribution in [3.63, 3.8) is 0 Å². The van der Waals surface area contributed by atoms with E-state index in [1.54, 1.807) is 36.4 Å². The van der Waals surface area contributed by atoms with E-state index >= 15 is 0 Å². The Kier molecular flexibility index (Phi) is 6.41. The zero-order valence-corrected chi connectivity index (χ0v) is 18.1. The molecule has 4 rings (SSSR count). The smallest absolute Gasteiger partial charge is 0.234 e. The number of hydrogen-bond acceptors (Lipinski definition) is 6. The van der Waals surface area contributed by atoms with Gasteiger partial charge in [0.05, 0.1) is 11.3 Å². The topological polar surface area (TPSA) is 78.3 Å². The SMILES string of the molecule is CC(C)Cn1c(SCC(=O)Nc2ccc3c(c2)OCCO3)nnc1-c1ccccc1F. The van der Waals surface area contributed by atoms with E-state index in [4.69, 9.17) is 9.47 Å². The van der Waals surface area contributed by atoms with Gasteiger partial charge in [-0.3, -0.25) is 4.79 Å². The lowest BCUT2D eigenvalue weighted by molar-refractivity contribution is -0.113. The molecule has 2 heterocycles. The van der Waals surface area contributed by atoms with Gasteiger partial charge in [0.2, 0.25) is 5.91 Å². The monoisotopic (exact) mass is 442 g/mol. The number of fused-ring (bicyclic) bond motifs is 1. The van der Waals surface area contributed by atoms with Gasteiger partial charge in [-0.05, 0) is 30.2 Å². The van der Waals surface area contributed by atoms with E-state index in [1.807, 2.05) is 4.57 Å². The fraction of sp³-hybridized carbons (Fsp3) is 0.318. The van der Waals surface area contributed by atoms with E-state index in [9.17, 15) is 9.18 Å². The van der Waals surface area contributed by atoms with E-state index in [1.165, 1.54) is 17.8 Å². The van der Waals surface area contributed by atoms with Crippen molar-refractivity contribution < 1.29 is 18.7 Å². The number of anilines is 1. The zero-order chi connectivity index (χ0) is 21.8. The molecule has 0 atom stereocenters. The highest BCUT2D eigenvalue weighted by molar-refractivity contribution is 7.99. The number of benzene rings is 2. The molecule has 1 amide bonds. The minimum atomic E-state index is -0.354. The molecule has 0 radical (unpaired) electrons. The lowest BCUT2D eigenvalue weighted by Crippen LogP contribution is -2.17. The molecule has 3 aromatic rings. The molecule has 0 saturated heterocycles. The lowest BCUT2D eigenvalue weighted by atomic mass is 10.2. The fourth-order valence-electron chi connectivity index (χ4n) is 3.22.